The SMILES string of the molecule is CC1(C)CC(=O)/C(=C(\O)CCc2noc3c2C(=O)CCC3)C(=NCCC(=O)O)C1. The molecular weight excluding hydrogens is 376 g/mol. The van der Waals surface area contributed by atoms with Gasteiger partial charge in [0.15, 0.2) is 11.6 Å². The van der Waals surface area contributed by atoms with Gasteiger partial charge < -0.3 is 14.7 Å². The number of carbonyl (C=O) groups excluding carboxylic acids is 2. The number of carboxylic acid groups (broad SMARTS) is 1. The minimum atomic E-state index is -0.967. The molecule has 0 amide bonds. The molecule has 29 heavy (non-hydrogen) atoms. The molecule has 0 aliphatic heterocycles. The first-order valence-electron chi connectivity index (χ1n) is 9.89. The number of aliphatic carboxylic acids is 1. The molecule has 8 heteroatoms. The van der Waals surface area contributed by atoms with Gasteiger partial charge in [-0.05, 0) is 18.3 Å². The number of carbonyl (C=O) groups is 3. The number of aliphatic hydroxyl groups is 1. The Balaban J connectivity index is 1.82. The van der Waals surface area contributed by atoms with Gasteiger partial charge in [-0.15, -0.1) is 0 Å². The second-order valence-electron chi connectivity index (χ2n) is 8.44. The van der Waals surface area contributed by atoms with Crippen molar-refractivity contribution >= 4 is 23.2 Å². The Morgan fingerprint density at radius 2 is 1.90 bits per heavy atom. The predicted molar refractivity (Wildman–Crippen MR) is 104 cm³/mol. The summed E-state index contributed by atoms with van der Waals surface area (Å²) in [6.45, 7) is 3.94. The average Bonchev–Trinajstić information content (AvgIpc) is 3.02. The molecule has 1 saturated carbocycles. The molecule has 156 valence electrons. The molecule has 2 aliphatic carbocycles. The molecule has 0 radical (unpaired) electrons. The van der Waals surface area contributed by atoms with Crippen LogP contribution in [0, 0.1) is 5.41 Å². The number of carboxylic acids is 1. The van der Waals surface area contributed by atoms with Crippen molar-refractivity contribution in [2.24, 2.45) is 10.4 Å². The van der Waals surface area contributed by atoms with E-state index in [4.69, 9.17) is 9.63 Å². The molecule has 8 nitrogen and oxygen atoms in total. The van der Waals surface area contributed by atoms with Gasteiger partial charge in [0.25, 0.3) is 0 Å². The Kier molecular flexibility index (Phi) is 6.00. The lowest BCUT2D eigenvalue weighted by Crippen LogP contribution is -2.33. The van der Waals surface area contributed by atoms with Gasteiger partial charge in [0.1, 0.15) is 11.5 Å². The first-order valence-corrected chi connectivity index (χ1v) is 9.89. The normalized spacial score (nSPS) is 21.9. The summed E-state index contributed by atoms with van der Waals surface area (Å²) >= 11 is 0. The molecule has 0 bridgehead atoms. The van der Waals surface area contributed by atoms with E-state index >= 15 is 0 Å². The van der Waals surface area contributed by atoms with E-state index in [9.17, 15) is 19.5 Å². The number of allylic oxidation sites excluding steroid dienone is 2. The number of aromatic nitrogens is 1. The van der Waals surface area contributed by atoms with Gasteiger partial charge in [0.2, 0.25) is 0 Å². The van der Waals surface area contributed by atoms with Crippen LogP contribution in [-0.2, 0) is 22.4 Å². The lowest BCUT2D eigenvalue weighted by molar-refractivity contribution is -0.136. The quantitative estimate of drug-likeness (QED) is 0.552. The number of nitrogens with zero attached hydrogens (tertiary/aromatic N) is 2. The van der Waals surface area contributed by atoms with Crippen molar-refractivity contribution in [3.8, 4) is 0 Å². The maximum atomic E-state index is 12.7. The van der Waals surface area contributed by atoms with Crippen LogP contribution in [0.3, 0.4) is 0 Å². The van der Waals surface area contributed by atoms with Crippen molar-refractivity contribution in [3.05, 3.63) is 28.3 Å². The fourth-order valence-electron chi connectivity index (χ4n) is 3.95. The molecule has 3 rings (SSSR count). The summed E-state index contributed by atoms with van der Waals surface area (Å²) in [7, 11) is 0. The smallest absolute Gasteiger partial charge is 0.305 e. The first kappa shape index (κ1) is 21.0. The summed E-state index contributed by atoms with van der Waals surface area (Å²) < 4.78 is 5.27. The molecule has 0 spiro atoms. The molecule has 1 aromatic heterocycles. The van der Waals surface area contributed by atoms with E-state index in [0.717, 1.165) is 6.42 Å². The van der Waals surface area contributed by atoms with E-state index in [0.29, 0.717) is 42.0 Å². The van der Waals surface area contributed by atoms with Gasteiger partial charge in [-0.2, -0.15) is 0 Å². The summed E-state index contributed by atoms with van der Waals surface area (Å²) in [6.07, 6.45) is 2.91. The minimum Gasteiger partial charge on any atom is -0.511 e. The molecule has 2 N–H and O–H groups in total. The van der Waals surface area contributed by atoms with E-state index in [1.165, 1.54) is 0 Å². The zero-order valence-electron chi connectivity index (χ0n) is 16.8. The van der Waals surface area contributed by atoms with Crippen LogP contribution in [0.2, 0.25) is 0 Å². The van der Waals surface area contributed by atoms with Crippen molar-refractivity contribution in [1.29, 1.82) is 0 Å². The van der Waals surface area contributed by atoms with Gasteiger partial charge in [0.05, 0.1) is 23.3 Å². The topological polar surface area (TPSA) is 130 Å². The average molecular weight is 402 g/mol. The van der Waals surface area contributed by atoms with Crippen LogP contribution >= 0.6 is 0 Å². The molecule has 0 unspecified atom stereocenters. The molecular formula is C21H26N2O6. The third kappa shape index (κ3) is 4.81. The first-order chi connectivity index (χ1) is 13.7. The third-order valence-electron chi connectivity index (χ3n) is 5.29. The number of Topliss-reactive ketones (excluding diaryl/α,β-unsaturated/α-hetero) is 2. The summed E-state index contributed by atoms with van der Waals surface area (Å²) in [5.74, 6) is -0.674. The van der Waals surface area contributed by atoms with Gasteiger partial charge in [-0.3, -0.25) is 19.4 Å². The van der Waals surface area contributed by atoms with Gasteiger partial charge in [-0.1, -0.05) is 19.0 Å². The number of hydrogen-bond donors (Lipinski definition) is 2. The lowest BCUT2D eigenvalue weighted by atomic mass is 9.73. The van der Waals surface area contributed by atoms with Crippen molar-refractivity contribution in [3.63, 3.8) is 0 Å². The Morgan fingerprint density at radius 3 is 2.62 bits per heavy atom. The van der Waals surface area contributed by atoms with E-state index < -0.39 is 5.97 Å². The highest BCUT2D eigenvalue weighted by atomic mass is 16.5. The van der Waals surface area contributed by atoms with Crippen LogP contribution in [0.4, 0.5) is 0 Å². The van der Waals surface area contributed by atoms with E-state index in [1.807, 2.05) is 13.8 Å². The second kappa shape index (κ2) is 8.31. The van der Waals surface area contributed by atoms with E-state index in [2.05, 4.69) is 10.1 Å². The van der Waals surface area contributed by atoms with Crippen LogP contribution in [0.15, 0.2) is 20.8 Å². The number of rotatable bonds is 6. The minimum absolute atomic E-state index is 0.000979. The van der Waals surface area contributed by atoms with Crippen molar-refractivity contribution < 1.29 is 29.1 Å². The van der Waals surface area contributed by atoms with Crippen LogP contribution in [0.5, 0.6) is 0 Å². The molecule has 0 saturated heterocycles. The van der Waals surface area contributed by atoms with Crippen LogP contribution in [-0.4, -0.2) is 45.2 Å². The van der Waals surface area contributed by atoms with Gasteiger partial charge >= 0.3 is 5.97 Å². The van der Waals surface area contributed by atoms with Crippen LogP contribution < -0.4 is 0 Å². The Labute approximate surface area is 168 Å². The zero-order chi connectivity index (χ0) is 21.2. The van der Waals surface area contributed by atoms with E-state index in [1.54, 1.807) is 0 Å². The number of aryl methyl sites for hydroxylation is 2. The van der Waals surface area contributed by atoms with Crippen molar-refractivity contribution in [1.82, 2.24) is 5.16 Å². The van der Waals surface area contributed by atoms with Gasteiger partial charge in [-0.25, -0.2) is 0 Å². The highest BCUT2D eigenvalue weighted by Gasteiger charge is 2.36. The largest absolute Gasteiger partial charge is 0.511 e. The summed E-state index contributed by atoms with van der Waals surface area (Å²) in [5.41, 5.74) is 1.34. The number of aliphatic hydroxyl groups excluding tert-OH is 1. The summed E-state index contributed by atoms with van der Waals surface area (Å²) in [4.78, 5) is 40.0. The van der Waals surface area contributed by atoms with Crippen LogP contribution in [0.1, 0.15) is 74.2 Å². The molecule has 1 aromatic rings. The Morgan fingerprint density at radius 1 is 1.14 bits per heavy atom. The number of ketones is 2. The van der Waals surface area contributed by atoms with Crippen molar-refractivity contribution in [2.45, 2.75) is 65.2 Å². The second-order valence-corrected chi connectivity index (χ2v) is 8.44. The molecule has 0 atom stereocenters. The molecule has 1 heterocycles. The number of fused-ring (bicyclic) bond motifs is 1. The Bertz CT molecular complexity index is 906. The van der Waals surface area contributed by atoms with Crippen molar-refractivity contribution in [2.75, 3.05) is 6.54 Å². The number of aliphatic imine (C=N–C) groups is 1. The molecule has 0 aromatic carbocycles. The van der Waals surface area contributed by atoms with Crippen LogP contribution in [0.25, 0.3) is 0 Å². The maximum absolute atomic E-state index is 12.7. The number of hydrogen-bond acceptors (Lipinski definition) is 7. The Hall–Kier alpha value is -2.77. The highest BCUT2D eigenvalue weighted by Crippen LogP contribution is 2.36. The fourth-order valence-corrected chi connectivity index (χ4v) is 3.95. The summed E-state index contributed by atoms with van der Waals surface area (Å²) in [6, 6.07) is 0. The maximum Gasteiger partial charge on any atom is 0.305 e. The monoisotopic (exact) mass is 402 g/mol. The standard InChI is InChI=1S/C21H26N2O6/c1-21(2)10-13(22-9-8-18(27)28)19(16(26)11-21)15(25)7-6-12-20-14(24)4-3-5-17(20)29-23-12/h25H,3-11H2,1-2H3,(H,27,28)/b19-15-,22-13?. The fraction of sp³-hybridized carbons (Fsp3) is 0.571. The third-order valence-corrected chi connectivity index (χ3v) is 5.29. The molecule has 1 fully saturated rings. The predicted octanol–water partition coefficient (Wildman–Crippen LogP) is 3.24. The van der Waals surface area contributed by atoms with Gasteiger partial charge in [0, 0.05) is 44.4 Å². The lowest BCUT2D eigenvalue weighted by Gasteiger charge is -2.31. The zero-order valence-corrected chi connectivity index (χ0v) is 16.8. The van der Waals surface area contributed by atoms with E-state index in [-0.39, 0.29) is 60.5 Å². The summed E-state index contributed by atoms with van der Waals surface area (Å²) in [5, 5.41) is 23.5. The molecule has 2 aliphatic rings. The highest BCUT2D eigenvalue weighted by molar-refractivity contribution is 6.24.